The molecule has 126 valence electrons. The highest BCUT2D eigenvalue weighted by atomic mass is 16.3. The fourth-order valence-electron chi connectivity index (χ4n) is 4.24. The molecule has 1 atom stereocenters. The predicted octanol–water partition coefficient (Wildman–Crippen LogP) is 2.42. The number of hydrogen-bond acceptors (Lipinski definition) is 3. The Morgan fingerprint density at radius 2 is 1.92 bits per heavy atom. The average molecular weight is 326 g/mol. The summed E-state index contributed by atoms with van der Waals surface area (Å²) in [6.45, 7) is 2.95. The quantitative estimate of drug-likeness (QED) is 0.657. The van der Waals surface area contributed by atoms with E-state index >= 15 is 0 Å². The molecular weight excluding hydrogens is 304 g/mol. The van der Waals surface area contributed by atoms with Crippen molar-refractivity contribution < 1.29 is 14.7 Å². The minimum Gasteiger partial charge on any atom is -0.393 e. The molecule has 1 saturated carbocycles. The molecule has 2 heterocycles. The second-order valence-electron chi connectivity index (χ2n) is 7.21. The van der Waals surface area contributed by atoms with Crippen molar-refractivity contribution in [3.05, 3.63) is 35.5 Å². The van der Waals surface area contributed by atoms with Crippen LogP contribution in [0.3, 0.4) is 0 Å². The maximum absolute atomic E-state index is 12.8. The number of aryl methyl sites for hydroxylation is 1. The van der Waals surface area contributed by atoms with Gasteiger partial charge in [0.25, 0.3) is 11.7 Å². The predicted molar refractivity (Wildman–Crippen MR) is 90.9 cm³/mol. The number of H-pyrrole nitrogens is 1. The molecule has 0 radical (unpaired) electrons. The third-order valence-corrected chi connectivity index (χ3v) is 5.98. The fraction of sp³-hybridized carbons (Fsp3) is 0.474. The summed E-state index contributed by atoms with van der Waals surface area (Å²) in [6.07, 6.45) is 3.24. The van der Waals surface area contributed by atoms with Gasteiger partial charge in [0, 0.05) is 29.7 Å². The number of aromatic nitrogens is 1. The molecule has 2 aliphatic rings. The summed E-state index contributed by atoms with van der Waals surface area (Å²) in [5, 5.41) is 10.8. The van der Waals surface area contributed by atoms with E-state index in [4.69, 9.17) is 0 Å². The largest absolute Gasteiger partial charge is 0.393 e. The Kier molecular flexibility index (Phi) is 3.49. The van der Waals surface area contributed by atoms with Gasteiger partial charge in [0.05, 0.1) is 11.7 Å². The van der Waals surface area contributed by atoms with Gasteiger partial charge in [0.2, 0.25) is 0 Å². The van der Waals surface area contributed by atoms with E-state index in [0.29, 0.717) is 18.7 Å². The normalized spacial score (nSPS) is 22.6. The van der Waals surface area contributed by atoms with Crippen molar-refractivity contribution in [3.8, 4) is 0 Å². The molecule has 1 aromatic heterocycles. The van der Waals surface area contributed by atoms with E-state index in [1.807, 2.05) is 31.2 Å². The van der Waals surface area contributed by atoms with Crippen molar-refractivity contribution in [2.45, 2.75) is 38.7 Å². The van der Waals surface area contributed by atoms with E-state index in [0.717, 1.165) is 42.3 Å². The van der Waals surface area contributed by atoms with E-state index in [2.05, 4.69) is 4.98 Å². The minimum atomic E-state index is -0.435. The Morgan fingerprint density at radius 1 is 1.21 bits per heavy atom. The molecular formula is C19H22N2O3. The summed E-state index contributed by atoms with van der Waals surface area (Å²) < 4.78 is 0. The number of aliphatic hydroxyl groups excluding tert-OH is 1. The monoisotopic (exact) mass is 326 g/mol. The van der Waals surface area contributed by atoms with Gasteiger partial charge in [-0.1, -0.05) is 18.2 Å². The van der Waals surface area contributed by atoms with E-state index in [9.17, 15) is 14.7 Å². The number of rotatable bonds is 2. The number of likely N-dealkylation sites (tertiary alicyclic amines) is 1. The number of amides is 1. The molecule has 5 heteroatoms. The summed E-state index contributed by atoms with van der Waals surface area (Å²) in [6, 6.07) is 7.56. The first-order chi connectivity index (χ1) is 11.5. The molecule has 24 heavy (non-hydrogen) atoms. The molecule has 5 nitrogen and oxygen atoms in total. The number of nitrogens with one attached hydrogen (secondary N) is 1. The highest BCUT2D eigenvalue weighted by Gasteiger charge is 2.48. The van der Waals surface area contributed by atoms with E-state index in [1.165, 1.54) is 0 Å². The maximum atomic E-state index is 12.8. The minimum absolute atomic E-state index is 0.00345. The Hall–Kier alpha value is -2.14. The Morgan fingerprint density at radius 3 is 2.54 bits per heavy atom. The van der Waals surface area contributed by atoms with Gasteiger partial charge in [-0.3, -0.25) is 9.59 Å². The van der Waals surface area contributed by atoms with Crippen molar-refractivity contribution in [2.24, 2.45) is 5.41 Å². The highest BCUT2D eigenvalue weighted by Crippen LogP contribution is 2.49. The molecule has 2 aromatic rings. The van der Waals surface area contributed by atoms with Crippen LogP contribution >= 0.6 is 0 Å². The number of aliphatic hydroxyl groups is 1. The number of hydrogen-bond donors (Lipinski definition) is 2. The smallest absolute Gasteiger partial charge is 0.295 e. The number of para-hydroxylation sites is 1. The maximum Gasteiger partial charge on any atom is 0.295 e. The zero-order valence-electron chi connectivity index (χ0n) is 13.8. The summed E-state index contributed by atoms with van der Waals surface area (Å²) in [5.74, 6) is -0.860. The van der Waals surface area contributed by atoms with Crippen molar-refractivity contribution in [1.29, 1.82) is 0 Å². The molecule has 1 aliphatic carbocycles. The number of carbonyl (C=O) groups excluding carboxylic acids is 2. The number of nitrogens with zero attached hydrogens (tertiary/aromatic N) is 1. The van der Waals surface area contributed by atoms with Gasteiger partial charge < -0.3 is 15.0 Å². The van der Waals surface area contributed by atoms with Crippen LogP contribution in [0.25, 0.3) is 10.9 Å². The number of Topliss-reactive ketones (excluding diaryl/α,β-unsaturated/α-hetero) is 1. The zero-order chi connectivity index (χ0) is 16.9. The van der Waals surface area contributed by atoms with Crippen molar-refractivity contribution in [1.82, 2.24) is 9.88 Å². The summed E-state index contributed by atoms with van der Waals surface area (Å²) >= 11 is 0. The molecule has 1 spiro atoms. The van der Waals surface area contributed by atoms with E-state index < -0.39 is 11.7 Å². The number of fused-ring (bicyclic) bond motifs is 1. The SMILES string of the molecule is Cc1[nH]c2ccccc2c1C(=O)C(=O)N1CCC2(CCC2O)CC1. The first kappa shape index (κ1) is 15.4. The topological polar surface area (TPSA) is 73.4 Å². The van der Waals surface area contributed by atoms with Crippen molar-refractivity contribution in [2.75, 3.05) is 13.1 Å². The number of carbonyl (C=O) groups is 2. The highest BCUT2D eigenvalue weighted by molar-refractivity contribution is 6.45. The second kappa shape index (κ2) is 5.45. The van der Waals surface area contributed by atoms with Gasteiger partial charge in [-0.2, -0.15) is 0 Å². The number of piperidine rings is 1. The van der Waals surface area contributed by atoms with Crippen LogP contribution in [0.15, 0.2) is 24.3 Å². The molecule has 1 saturated heterocycles. The van der Waals surface area contributed by atoms with Crippen LogP contribution < -0.4 is 0 Å². The zero-order valence-corrected chi connectivity index (χ0v) is 13.8. The van der Waals surface area contributed by atoms with Crippen LogP contribution in [0.4, 0.5) is 0 Å². The molecule has 0 bridgehead atoms. The van der Waals surface area contributed by atoms with Crippen molar-refractivity contribution in [3.63, 3.8) is 0 Å². The van der Waals surface area contributed by atoms with E-state index in [1.54, 1.807) is 4.90 Å². The molecule has 1 amide bonds. The summed E-state index contributed by atoms with van der Waals surface area (Å²) in [5.41, 5.74) is 2.09. The first-order valence-corrected chi connectivity index (χ1v) is 8.61. The third kappa shape index (κ3) is 2.18. The van der Waals surface area contributed by atoms with Crippen molar-refractivity contribution >= 4 is 22.6 Å². The Balaban J connectivity index is 1.54. The number of aromatic amines is 1. The van der Waals surface area contributed by atoms with Crippen LogP contribution in [-0.2, 0) is 4.79 Å². The van der Waals surface area contributed by atoms with Crippen LogP contribution in [-0.4, -0.2) is 45.9 Å². The van der Waals surface area contributed by atoms with Gasteiger partial charge in [-0.05, 0) is 44.1 Å². The second-order valence-corrected chi connectivity index (χ2v) is 7.21. The van der Waals surface area contributed by atoms with Crippen LogP contribution in [0.1, 0.15) is 41.7 Å². The number of ketones is 1. The van der Waals surface area contributed by atoms with Crippen LogP contribution in [0.2, 0.25) is 0 Å². The number of benzene rings is 1. The van der Waals surface area contributed by atoms with Gasteiger partial charge in [-0.15, -0.1) is 0 Å². The standard InChI is InChI=1S/C19H22N2O3/c1-12-16(13-4-2-3-5-14(13)20-12)17(23)18(24)21-10-8-19(9-11-21)7-6-15(19)22/h2-5,15,20,22H,6-11H2,1H3. The summed E-state index contributed by atoms with van der Waals surface area (Å²) in [4.78, 5) is 30.3. The molecule has 2 fully saturated rings. The Labute approximate surface area is 140 Å². The molecule has 1 aliphatic heterocycles. The lowest BCUT2D eigenvalue weighted by atomic mass is 9.61. The lowest BCUT2D eigenvalue weighted by Gasteiger charge is -2.51. The van der Waals surface area contributed by atoms with Crippen LogP contribution in [0, 0.1) is 12.3 Å². The fourth-order valence-corrected chi connectivity index (χ4v) is 4.24. The summed E-state index contributed by atoms with van der Waals surface area (Å²) in [7, 11) is 0. The Bertz CT molecular complexity index is 815. The lowest BCUT2D eigenvalue weighted by molar-refractivity contribution is -0.136. The third-order valence-electron chi connectivity index (χ3n) is 5.98. The van der Waals surface area contributed by atoms with E-state index in [-0.39, 0.29) is 11.5 Å². The first-order valence-electron chi connectivity index (χ1n) is 8.61. The van der Waals surface area contributed by atoms with Gasteiger partial charge in [-0.25, -0.2) is 0 Å². The van der Waals surface area contributed by atoms with Crippen LogP contribution in [0.5, 0.6) is 0 Å². The van der Waals surface area contributed by atoms with Gasteiger partial charge in [0.1, 0.15) is 0 Å². The lowest BCUT2D eigenvalue weighted by Crippen LogP contribution is -2.54. The molecule has 4 rings (SSSR count). The average Bonchev–Trinajstić information content (AvgIpc) is 2.95. The molecule has 1 aromatic carbocycles. The molecule has 2 N–H and O–H groups in total. The van der Waals surface area contributed by atoms with Gasteiger partial charge >= 0.3 is 0 Å². The van der Waals surface area contributed by atoms with Gasteiger partial charge in [0.15, 0.2) is 0 Å². The molecule has 1 unspecified atom stereocenters.